The molecule has 21 heavy (non-hydrogen) atoms. The van der Waals surface area contributed by atoms with Crippen LogP contribution in [0.5, 0.6) is 0 Å². The first-order valence-corrected chi connectivity index (χ1v) is 8.33. The van der Waals surface area contributed by atoms with Gasteiger partial charge in [-0.15, -0.1) is 11.6 Å². The van der Waals surface area contributed by atoms with E-state index in [1.165, 1.54) is 0 Å². The van der Waals surface area contributed by atoms with Gasteiger partial charge in [-0.2, -0.15) is 0 Å². The number of carbonyl (C=O) groups excluding carboxylic acids is 2. The van der Waals surface area contributed by atoms with Crippen molar-refractivity contribution in [3.63, 3.8) is 0 Å². The van der Waals surface area contributed by atoms with Crippen LogP contribution in [0.4, 0.5) is 0 Å². The fourth-order valence-electron chi connectivity index (χ4n) is 2.23. The fourth-order valence-corrected chi connectivity index (χ4v) is 2.58. The topological polar surface area (TPSA) is 52.6 Å². The smallest absolute Gasteiger partial charge is 0.306 e. The molecule has 0 heterocycles. The van der Waals surface area contributed by atoms with Crippen LogP contribution < -0.4 is 0 Å². The minimum atomic E-state index is -0.349. The molecule has 1 rings (SSSR count). The Morgan fingerprint density at radius 1 is 1.10 bits per heavy atom. The number of hydrogen-bond donors (Lipinski definition) is 0. The predicted octanol–water partition coefficient (Wildman–Crippen LogP) is 3.70. The van der Waals surface area contributed by atoms with Crippen LogP contribution in [0.25, 0.3) is 0 Å². The lowest BCUT2D eigenvalue weighted by molar-refractivity contribution is -0.155. The molecule has 0 amide bonds. The maximum Gasteiger partial charge on any atom is 0.306 e. The first kappa shape index (κ1) is 18.3. The van der Waals surface area contributed by atoms with Gasteiger partial charge in [-0.3, -0.25) is 9.59 Å². The Kier molecular flexibility index (Phi) is 8.09. The van der Waals surface area contributed by atoms with Gasteiger partial charge in [0.1, 0.15) is 6.10 Å². The number of alkyl halides is 1. The molecule has 4 nitrogen and oxygen atoms in total. The van der Waals surface area contributed by atoms with E-state index in [9.17, 15) is 9.59 Å². The fraction of sp³-hybridized carbons (Fsp3) is 0.875. The number of rotatable bonds is 7. The van der Waals surface area contributed by atoms with Crippen LogP contribution >= 0.6 is 11.6 Å². The highest BCUT2D eigenvalue weighted by Crippen LogP contribution is 2.28. The zero-order valence-corrected chi connectivity index (χ0v) is 14.0. The van der Waals surface area contributed by atoms with E-state index in [-0.39, 0.29) is 48.1 Å². The summed E-state index contributed by atoms with van der Waals surface area (Å²) in [6, 6.07) is 0. The lowest BCUT2D eigenvalue weighted by Gasteiger charge is -2.26. The molecule has 5 heteroatoms. The zero-order chi connectivity index (χ0) is 15.8. The Balaban J connectivity index is 2.17. The first-order chi connectivity index (χ1) is 9.90. The molecule has 1 fully saturated rings. The quantitative estimate of drug-likeness (QED) is 0.530. The van der Waals surface area contributed by atoms with Crippen LogP contribution in [0.3, 0.4) is 0 Å². The van der Waals surface area contributed by atoms with E-state index in [0.29, 0.717) is 6.61 Å². The summed E-state index contributed by atoms with van der Waals surface area (Å²) in [5.41, 5.74) is 0. The maximum absolute atomic E-state index is 11.6. The molecule has 0 aliphatic heterocycles. The molecule has 0 aromatic heterocycles. The van der Waals surface area contributed by atoms with E-state index in [2.05, 4.69) is 0 Å². The number of hydrogen-bond acceptors (Lipinski definition) is 4. The average molecular weight is 319 g/mol. The molecule has 1 saturated carbocycles. The molecular weight excluding hydrogens is 292 g/mol. The van der Waals surface area contributed by atoms with Crippen molar-refractivity contribution in [2.24, 2.45) is 11.8 Å². The van der Waals surface area contributed by atoms with Crippen LogP contribution in [-0.2, 0) is 19.1 Å². The van der Waals surface area contributed by atoms with E-state index in [1.54, 1.807) is 0 Å². The normalized spacial score (nSPS) is 23.7. The van der Waals surface area contributed by atoms with E-state index >= 15 is 0 Å². The highest BCUT2D eigenvalue weighted by molar-refractivity contribution is 6.20. The van der Waals surface area contributed by atoms with Crippen molar-refractivity contribution in [1.29, 1.82) is 0 Å². The third-order valence-electron chi connectivity index (χ3n) is 4.06. The molecule has 1 aliphatic rings. The van der Waals surface area contributed by atoms with Crippen molar-refractivity contribution in [1.82, 2.24) is 0 Å². The summed E-state index contributed by atoms with van der Waals surface area (Å²) in [7, 11) is 0. The number of esters is 2. The van der Waals surface area contributed by atoms with Gasteiger partial charge in [-0.05, 0) is 25.7 Å². The Hall–Kier alpha value is -0.770. The Morgan fingerprint density at radius 3 is 2.33 bits per heavy atom. The van der Waals surface area contributed by atoms with Gasteiger partial charge >= 0.3 is 11.9 Å². The van der Waals surface area contributed by atoms with E-state index in [1.807, 2.05) is 20.8 Å². The largest absolute Gasteiger partial charge is 0.465 e. The molecule has 0 aromatic rings. The van der Waals surface area contributed by atoms with E-state index in [0.717, 1.165) is 25.7 Å². The molecule has 0 aromatic carbocycles. The molecule has 3 atom stereocenters. The lowest BCUT2D eigenvalue weighted by Crippen LogP contribution is -2.26. The van der Waals surface area contributed by atoms with Crippen molar-refractivity contribution in [3.05, 3.63) is 0 Å². The van der Waals surface area contributed by atoms with Crippen LogP contribution in [0.1, 0.15) is 59.3 Å². The van der Waals surface area contributed by atoms with Gasteiger partial charge in [0.25, 0.3) is 0 Å². The average Bonchev–Trinajstić information content (AvgIpc) is 2.44. The molecule has 1 aliphatic carbocycles. The SMILES string of the molecule is CC(C)C(C)OC(=O)CCC(=O)OCC1CCCCC1Cl. The van der Waals surface area contributed by atoms with Crippen LogP contribution in [0.2, 0.25) is 0 Å². The highest BCUT2D eigenvalue weighted by Gasteiger charge is 2.24. The monoisotopic (exact) mass is 318 g/mol. The van der Waals surface area contributed by atoms with Crippen molar-refractivity contribution in [2.75, 3.05) is 6.61 Å². The molecule has 0 saturated heterocycles. The van der Waals surface area contributed by atoms with Gasteiger partial charge in [0, 0.05) is 11.3 Å². The Bertz CT molecular complexity index is 343. The van der Waals surface area contributed by atoms with Crippen LogP contribution in [-0.4, -0.2) is 30.0 Å². The minimum Gasteiger partial charge on any atom is -0.465 e. The molecule has 0 N–H and O–H groups in total. The van der Waals surface area contributed by atoms with E-state index < -0.39 is 0 Å². The lowest BCUT2D eigenvalue weighted by atomic mass is 9.89. The minimum absolute atomic E-state index is 0.0727. The van der Waals surface area contributed by atoms with Crippen molar-refractivity contribution in [2.45, 2.75) is 70.8 Å². The van der Waals surface area contributed by atoms with Gasteiger partial charge in [0.2, 0.25) is 0 Å². The molecule has 122 valence electrons. The Morgan fingerprint density at radius 2 is 1.71 bits per heavy atom. The summed E-state index contributed by atoms with van der Waals surface area (Å²) >= 11 is 6.22. The summed E-state index contributed by atoms with van der Waals surface area (Å²) in [4.78, 5) is 23.2. The second-order valence-corrected chi connectivity index (χ2v) is 6.74. The highest BCUT2D eigenvalue weighted by atomic mass is 35.5. The van der Waals surface area contributed by atoms with Crippen molar-refractivity contribution in [3.8, 4) is 0 Å². The van der Waals surface area contributed by atoms with E-state index in [4.69, 9.17) is 21.1 Å². The van der Waals surface area contributed by atoms with Gasteiger partial charge in [0.05, 0.1) is 19.4 Å². The first-order valence-electron chi connectivity index (χ1n) is 7.89. The third-order valence-corrected chi connectivity index (χ3v) is 4.64. The molecule has 3 unspecified atom stereocenters. The molecule has 0 radical (unpaired) electrons. The number of ether oxygens (including phenoxy) is 2. The summed E-state index contributed by atoms with van der Waals surface area (Å²) in [6.45, 7) is 6.19. The van der Waals surface area contributed by atoms with Gasteiger partial charge in [-0.1, -0.05) is 26.7 Å². The third kappa shape index (κ3) is 7.16. The predicted molar refractivity (Wildman–Crippen MR) is 82.2 cm³/mol. The molecular formula is C16H27ClO4. The summed E-state index contributed by atoms with van der Waals surface area (Å²) in [5.74, 6) is -0.176. The van der Waals surface area contributed by atoms with Crippen molar-refractivity contribution < 1.29 is 19.1 Å². The molecule has 0 spiro atoms. The maximum atomic E-state index is 11.6. The molecule has 0 bridgehead atoms. The standard InChI is InChI=1S/C16H27ClO4/c1-11(2)12(3)21-16(19)9-8-15(18)20-10-13-6-4-5-7-14(13)17/h11-14H,4-10H2,1-3H3. The second kappa shape index (κ2) is 9.29. The number of carbonyl (C=O) groups is 2. The van der Waals surface area contributed by atoms with Gasteiger partial charge in [-0.25, -0.2) is 0 Å². The van der Waals surface area contributed by atoms with Crippen molar-refractivity contribution >= 4 is 23.5 Å². The summed E-state index contributed by atoms with van der Waals surface area (Å²) in [5, 5.41) is 0.100. The zero-order valence-electron chi connectivity index (χ0n) is 13.3. The van der Waals surface area contributed by atoms with Crippen LogP contribution in [0, 0.1) is 11.8 Å². The summed E-state index contributed by atoms with van der Waals surface area (Å²) in [6.07, 6.45) is 4.31. The van der Waals surface area contributed by atoms with Crippen LogP contribution in [0.15, 0.2) is 0 Å². The summed E-state index contributed by atoms with van der Waals surface area (Å²) < 4.78 is 10.4. The van der Waals surface area contributed by atoms with Gasteiger partial charge in [0.15, 0.2) is 0 Å². The Labute approximate surface area is 132 Å². The number of halogens is 1. The second-order valence-electron chi connectivity index (χ2n) is 6.18. The van der Waals surface area contributed by atoms with Gasteiger partial charge < -0.3 is 9.47 Å².